The van der Waals surface area contributed by atoms with Crippen molar-refractivity contribution < 1.29 is 137 Å². The Hall–Kier alpha value is 3.06. The molecule has 6 aliphatic heterocycles. The van der Waals surface area contributed by atoms with Crippen molar-refractivity contribution in [2.24, 2.45) is 0 Å². The lowest BCUT2D eigenvalue weighted by molar-refractivity contribution is 0.0328. The number of hydrogen-bond donors (Lipinski definition) is 6. The topological polar surface area (TPSA) is 361 Å². The van der Waals surface area contributed by atoms with Gasteiger partial charge in [0.15, 0.2) is 0 Å². The van der Waals surface area contributed by atoms with Crippen LogP contribution in [-0.2, 0) is 108 Å². The van der Waals surface area contributed by atoms with Gasteiger partial charge in [0.05, 0.1) is 0 Å². The molecule has 6 aliphatic rings. The Bertz CT molecular complexity index is 2220. The van der Waals surface area contributed by atoms with Gasteiger partial charge < -0.3 is 137 Å². The predicted octanol–water partition coefficient (Wildman–Crippen LogP) is 0.841. The van der Waals surface area contributed by atoms with E-state index >= 15 is 0 Å². The Morgan fingerprint density at radius 2 is 0.642 bits per heavy atom. The lowest BCUT2D eigenvalue weighted by Gasteiger charge is -2.53. The van der Waals surface area contributed by atoms with E-state index in [4.69, 9.17) is 108 Å². The Morgan fingerprint density at radius 1 is 0.309 bits per heavy atom. The first-order chi connectivity index (χ1) is 36.2. The van der Waals surface area contributed by atoms with Crippen LogP contribution >= 0.6 is 0 Å². The Morgan fingerprint density at radius 3 is 1.07 bits per heavy atom. The summed E-state index contributed by atoms with van der Waals surface area (Å²) < 4.78 is 172. The van der Waals surface area contributed by atoms with Gasteiger partial charge in [-0.15, -0.1) is 0 Å². The largest absolute Gasteiger partial charge is 0.482 e. The van der Waals surface area contributed by atoms with Crippen LogP contribution in [-0.4, -0.2) is 231 Å². The second kappa shape index (κ2) is 24.8. The normalized spacial score (nSPS) is 55.0. The van der Waals surface area contributed by atoms with Crippen molar-refractivity contribution in [3.63, 3.8) is 0 Å². The highest BCUT2D eigenvalue weighted by atomic mass is 28.6. The maximum atomic E-state index is 12.7. The van der Waals surface area contributed by atoms with Crippen molar-refractivity contribution in [1.82, 2.24) is 0 Å². The van der Waals surface area contributed by atoms with E-state index in [2.05, 4.69) is 0 Å². The first kappa shape index (κ1) is 73.1. The molecule has 6 fully saturated rings. The van der Waals surface area contributed by atoms with Gasteiger partial charge in [-0.3, -0.25) is 0 Å². The zero-order valence-electron chi connectivity index (χ0n) is 50.4. The van der Waals surface area contributed by atoms with Crippen LogP contribution < -0.4 is 0 Å². The van der Waals surface area contributed by atoms with Crippen molar-refractivity contribution in [3.05, 3.63) is 0 Å². The summed E-state index contributed by atoms with van der Waals surface area (Å²) in [4.78, 5) is 74.1. The average molecular weight is 1510 g/mol. The van der Waals surface area contributed by atoms with E-state index in [1.165, 1.54) is 65.5 Å². The van der Waals surface area contributed by atoms with Crippen molar-refractivity contribution >= 4 is 176 Å². The first-order valence-corrected chi connectivity index (χ1v) is 71.4. The SMILES string of the molecule is CCO[SiH]1C[Si]2(C)O[SiH]3O[Si]4(C)O[Si](C)(O)O[Si](C)(O)C[Si]5(C)O[Si](C)(O[Si](C)(O)O[Si](C)(O)C[Si](C)(O4)O[Si](C)(O3)O[Si](C)(O[Si](C)(O)O[Si](C)(O)O[Si](C)(OCC)O1)O2)O[Si]1(C)O[Si](C)(OCC)O[Si](C)(OCC)O[Si](C)(O5)O1. The number of rotatable bonds is 8. The third-order valence-corrected chi connectivity index (χ3v) is 95.4. The summed E-state index contributed by atoms with van der Waals surface area (Å²) >= 11 is 0. The highest BCUT2D eigenvalue weighted by Gasteiger charge is 2.73. The van der Waals surface area contributed by atoms with Gasteiger partial charge in [0.2, 0.25) is 0 Å². The van der Waals surface area contributed by atoms with Crippen molar-refractivity contribution in [2.75, 3.05) is 26.4 Å². The van der Waals surface area contributed by atoms with E-state index in [0.717, 1.165) is 0 Å². The van der Waals surface area contributed by atoms with Crippen LogP contribution in [0.15, 0.2) is 0 Å². The standard InChI is InChI=1S/C29H88O32Si20/c1-23-36-62-27-66(7)41-63-42-76(17)47-67(8,48-77(18,43-63)59-78(19,46-66)55-72(13,35)51-71(12,34)52-73(14,40-62)37-24-2)28-64(5,30)45-70(11,33)54-79(20)49-68(9,29-65(6,31)44-69(10,32)53-76)50-80(21)57-74(15,38-25-3)56-75(16,39-26-4)58-81(22,60-79)61-80/h30-35,62-63H,23-29H2,1-22H3. The van der Waals surface area contributed by atoms with E-state index in [-0.39, 0.29) is 32.1 Å². The number of hydrogen-bond acceptors (Lipinski definition) is 32. The molecule has 6 heterocycles. The van der Waals surface area contributed by atoms with Gasteiger partial charge in [0, 0.05) is 129 Å². The maximum Gasteiger partial charge on any atom is 0.482 e. The summed E-state index contributed by atoms with van der Waals surface area (Å²) in [7, 11) is -84.4. The minimum absolute atomic E-state index is 0.0202. The quantitative estimate of drug-likeness (QED) is 0.183. The summed E-state index contributed by atoms with van der Waals surface area (Å²) in [6, 6.07) is 0. The van der Waals surface area contributed by atoms with Gasteiger partial charge in [-0.25, -0.2) is 0 Å². The van der Waals surface area contributed by atoms with Crippen LogP contribution in [0.5, 0.6) is 0 Å². The molecule has 20 atom stereocenters. The smallest absolute Gasteiger partial charge is 0.411 e. The fraction of sp³-hybridized carbons (Fsp3) is 1.00. The lowest BCUT2D eigenvalue weighted by atomic mass is 10.9. The van der Waals surface area contributed by atoms with Crippen LogP contribution in [0.4, 0.5) is 0 Å². The molecule has 6 rings (SSSR count). The third-order valence-electron chi connectivity index (χ3n) is 11.6. The van der Waals surface area contributed by atoms with Gasteiger partial charge in [-0.1, -0.05) is 0 Å². The van der Waals surface area contributed by atoms with Gasteiger partial charge in [0.1, 0.15) is 0 Å². The van der Waals surface area contributed by atoms with Crippen LogP contribution in [0.3, 0.4) is 0 Å². The molecule has 0 amide bonds. The Balaban J connectivity index is 1.49. The summed E-state index contributed by atoms with van der Waals surface area (Å²) in [5, 5.41) is 0. The number of fused-ring (bicyclic) bond motifs is 10. The molecule has 0 aromatic heterocycles. The monoisotopic (exact) mass is 1510 g/mol. The molecular weight excluding hydrogens is 1420 g/mol. The molecule has 20 unspecified atom stereocenters. The highest BCUT2D eigenvalue weighted by Crippen LogP contribution is 2.45. The molecule has 0 saturated carbocycles. The highest BCUT2D eigenvalue weighted by molar-refractivity contribution is 7.02. The van der Waals surface area contributed by atoms with Gasteiger partial charge >= 0.3 is 176 Å². The molecule has 52 heteroatoms. The summed E-state index contributed by atoms with van der Waals surface area (Å²) in [6.45, 7) is 34.3. The van der Waals surface area contributed by atoms with Crippen LogP contribution in [0.1, 0.15) is 27.7 Å². The molecule has 0 aromatic carbocycles. The molecule has 0 aromatic rings. The van der Waals surface area contributed by atoms with Crippen LogP contribution in [0, 0.1) is 0 Å². The van der Waals surface area contributed by atoms with Crippen LogP contribution in [0.2, 0.25) is 135 Å². The average Bonchev–Trinajstić information content (AvgIpc) is 3.09. The fourth-order valence-electron chi connectivity index (χ4n) is 11.1. The predicted molar refractivity (Wildman–Crippen MR) is 322 cm³/mol. The summed E-state index contributed by atoms with van der Waals surface area (Å²) in [6.07, 6.45) is 0. The lowest BCUT2D eigenvalue weighted by Crippen LogP contribution is -2.78. The van der Waals surface area contributed by atoms with Gasteiger partial charge in [-0.05, 0) is 60.4 Å². The summed E-state index contributed by atoms with van der Waals surface area (Å²) in [5.74, 6) is 0. The third kappa shape index (κ3) is 20.5. The molecule has 10 bridgehead atoms. The zero-order chi connectivity index (χ0) is 61.5. The van der Waals surface area contributed by atoms with E-state index < -0.39 is 187 Å². The molecular formula is C29H88O32Si20. The second-order valence-corrected chi connectivity index (χ2v) is 82.2. The molecule has 6 saturated heterocycles. The van der Waals surface area contributed by atoms with Crippen LogP contribution in [0.25, 0.3) is 0 Å². The second-order valence-electron chi connectivity index (χ2n) is 22.4. The molecule has 476 valence electrons. The van der Waals surface area contributed by atoms with E-state index in [9.17, 15) is 28.8 Å². The Kier molecular flexibility index (Phi) is 22.4. The van der Waals surface area contributed by atoms with E-state index in [1.807, 2.05) is 0 Å². The molecule has 0 aliphatic carbocycles. The zero-order valence-corrected chi connectivity index (χ0v) is 70.7. The van der Waals surface area contributed by atoms with Crippen molar-refractivity contribution in [2.45, 2.75) is 163 Å². The van der Waals surface area contributed by atoms with E-state index in [1.54, 1.807) is 80.1 Å². The molecule has 0 spiro atoms. The fourth-order valence-corrected chi connectivity index (χ4v) is 112. The van der Waals surface area contributed by atoms with Gasteiger partial charge in [-0.2, -0.15) is 0 Å². The first-order valence-electron chi connectivity index (χ1n) is 26.5. The minimum Gasteiger partial charge on any atom is -0.411 e. The maximum absolute atomic E-state index is 12.7. The van der Waals surface area contributed by atoms with Crippen molar-refractivity contribution in [1.29, 1.82) is 0 Å². The van der Waals surface area contributed by atoms with Gasteiger partial charge in [0.25, 0.3) is 0 Å². The molecule has 32 nitrogen and oxygen atoms in total. The van der Waals surface area contributed by atoms with Crippen molar-refractivity contribution in [3.8, 4) is 0 Å². The summed E-state index contributed by atoms with van der Waals surface area (Å²) in [5.41, 5.74) is -0.888. The molecule has 6 N–H and O–H groups in total. The Labute approximate surface area is 498 Å². The minimum atomic E-state index is -4.75. The molecule has 81 heavy (non-hydrogen) atoms. The molecule has 0 radical (unpaired) electrons. The van der Waals surface area contributed by atoms with E-state index in [0.29, 0.717) is 0 Å².